The standard InChI is InChI=1S/C21H39N7O.HI/c1-6-22-19(26-17-18(29-5)21(2,3)4)23-11-8-12-27-13-15-28(16-14-27)20-24-9-7-10-25-20;/h7,9-10,18H,6,8,11-17H2,1-5H3,(H2,22,23,26);1H. The van der Waals surface area contributed by atoms with Gasteiger partial charge in [-0.1, -0.05) is 20.8 Å². The van der Waals surface area contributed by atoms with E-state index in [-0.39, 0.29) is 35.5 Å². The van der Waals surface area contributed by atoms with Gasteiger partial charge < -0.3 is 20.3 Å². The van der Waals surface area contributed by atoms with Crippen molar-refractivity contribution in [2.24, 2.45) is 10.4 Å². The molecule has 1 saturated heterocycles. The van der Waals surface area contributed by atoms with Crippen LogP contribution in [0.3, 0.4) is 0 Å². The number of hydrogen-bond donors (Lipinski definition) is 2. The van der Waals surface area contributed by atoms with Crippen molar-refractivity contribution in [3.63, 3.8) is 0 Å². The first kappa shape index (κ1) is 26.8. The quantitative estimate of drug-likeness (QED) is 0.218. The summed E-state index contributed by atoms with van der Waals surface area (Å²) in [5.41, 5.74) is 0.0719. The molecule has 30 heavy (non-hydrogen) atoms. The van der Waals surface area contributed by atoms with Gasteiger partial charge in [-0.2, -0.15) is 0 Å². The summed E-state index contributed by atoms with van der Waals surface area (Å²) >= 11 is 0. The summed E-state index contributed by atoms with van der Waals surface area (Å²) in [5, 5.41) is 6.78. The Morgan fingerprint density at radius 2 is 1.83 bits per heavy atom. The van der Waals surface area contributed by atoms with Gasteiger partial charge in [-0.3, -0.25) is 9.89 Å². The summed E-state index contributed by atoms with van der Waals surface area (Å²) in [4.78, 5) is 18.2. The molecule has 1 aromatic heterocycles. The first-order chi connectivity index (χ1) is 13.9. The molecule has 0 radical (unpaired) electrons. The normalized spacial score (nSPS) is 16.7. The van der Waals surface area contributed by atoms with Crippen LogP contribution in [0.2, 0.25) is 0 Å². The Morgan fingerprint density at radius 3 is 2.40 bits per heavy atom. The molecule has 1 unspecified atom stereocenters. The Balaban J connectivity index is 0.00000450. The largest absolute Gasteiger partial charge is 0.379 e. The molecule has 0 aromatic carbocycles. The second kappa shape index (κ2) is 14.0. The van der Waals surface area contributed by atoms with Crippen molar-refractivity contribution in [3.8, 4) is 0 Å². The van der Waals surface area contributed by atoms with Crippen LogP contribution in [-0.4, -0.2) is 86.4 Å². The number of guanidine groups is 1. The predicted molar refractivity (Wildman–Crippen MR) is 135 cm³/mol. The van der Waals surface area contributed by atoms with Crippen molar-refractivity contribution in [3.05, 3.63) is 18.5 Å². The molecule has 2 rings (SSSR count). The van der Waals surface area contributed by atoms with E-state index in [2.05, 4.69) is 58.1 Å². The number of methoxy groups -OCH3 is 1. The zero-order valence-electron chi connectivity index (χ0n) is 19.2. The number of halogens is 1. The number of aromatic nitrogens is 2. The summed E-state index contributed by atoms with van der Waals surface area (Å²) in [6, 6.07) is 1.86. The van der Waals surface area contributed by atoms with Gasteiger partial charge in [0.1, 0.15) is 0 Å². The van der Waals surface area contributed by atoms with Crippen LogP contribution >= 0.6 is 24.0 Å². The molecule has 9 heteroatoms. The molecule has 8 nitrogen and oxygen atoms in total. The van der Waals surface area contributed by atoms with E-state index >= 15 is 0 Å². The smallest absolute Gasteiger partial charge is 0.225 e. The lowest BCUT2D eigenvalue weighted by molar-refractivity contribution is 0.0241. The fourth-order valence-corrected chi connectivity index (χ4v) is 3.35. The number of rotatable bonds is 9. The SMILES string of the molecule is CCNC(=NCC(OC)C(C)(C)C)NCCCN1CCN(c2ncccn2)CC1.I. The molecule has 0 saturated carbocycles. The van der Waals surface area contributed by atoms with E-state index < -0.39 is 0 Å². The van der Waals surface area contributed by atoms with Crippen molar-refractivity contribution in [1.29, 1.82) is 0 Å². The second-order valence-corrected chi connectivity index (χ2v) is 8.47. The molecule has 1 aliphatic heterocycles. The Labute approximate surface area is 199 Å². The maximum Gasteiger partial charge on any atom is 0.225 e. The highest BCUT2D eigenvalue weighted by atomic mass is 127. The second-order valence-electron chi connectivity index (χ2n) is 8.47. The molecule has 1 aliphatic rings. The molecule has 2 heterocycles. The third kappa shape index (κ3) is 9.30. The molecule has 2 N–H and O–H groups in total. The number of piperazine rings is 1. The lowest BCUT2D eigenvalue weighted by atomic mass is 9.89. The molecule has 172 valence electrons. The molecular formula is C21H40IN7O. The predicted octanol–water partition coefficient (Wildman–Crippen LogP) is 2.22. The fraction of sp³-hybridized carbons (Fsp3) is 0.762. The summed E-state index contributed by atoms with van der Waals surface area (Å²) < 4.78 is 5.61. The van der Waals surface area contributed by atoms with E-state index in [0.29, 0.717) is 6.54 Å². The van der Waals surface area contributed by atoms with Crippen molar-refractivity contribution < 1.29 is 4.74 Å². The zero-order valence-corrected chi connectivity index (χ0v) is 21.6. The minimum Gasteiger partial charge on any atom is -0.379 e. The highest BCUT2D eigenvalue weighted by Crippen LogP contribution is 2.21. The van der Waals surface area contributed by atoms with E-state index in [1.165, 1.54) is 0 Å². The minimum absolute atomic E-state index is 0. The van der Waals surface area contributed by atoms with E-state index in [1.54, 1.807) is 19.5 Å². The van der Waals surface area contributed by atoms with Gasteiger partial charge in [-0.05, 0) is 31.4 Å². The monoisotopic (exact) mass is 533 g/mol. The third-order valence-electron chi connectivity index (χ3n) is 5.16. The van der Waals surface area contributed by atoms with Crippen LogP contribution in [0.1, 0.15) is 34.1 Å². The van der Waals surface area contributed by atoms with E-state index in [1.807, 2.05) is 6.07 Å². The first-order valence-corrected chi connectivity index (χ1v) is 10.7. The van der Waals surface area contributed by atoms with Crippen LogP contribution in [0.5, 0.6) is 0 Å². The Morgan fingerprint density at radius 1 is 1.17 bits per heavy atom. The number of nitrogens with one attached hydrogen (secondary N) is 2. The Kier molecular flexibility index (Phi) is 12.5. The van der Waals surface area contributed by atoms with Crippen molar-refractivity contribution >= 4 is 35.9 Å². The number of aliphatic imine (C=N–C) groups is 1. The maximum atomic E-state index is 5.61. The van der Waals surface area contributed by atoms with Crippen molar-refractivity contribution in [2.45, 2.75) is 40.2 Å². The van der Waals surface area contributed by atoms with Crippen molar-refractivity contribution in [2.75, 3.05) is 64.4 Å². The molecule has 0 bridgehead atoms. The van der Waals surface area contributed by atoms with Gasteiger partial charge in [0.05, 0.1) is 12.6 Å². The van der Waals surface area contributed by atoms with Crippen LogP contribution in [0.25, 0.3) is 0 Å². The summed E-state index contributed by atoms with van der Waals surface area (Å²) in [5.74, 6) is 1.70. The fourth-order valence-electron chi connectivity index (χ4n) is 3.35. The van der Waals surface area contributed by atoms with E-state index in [4.69, 9.17) is 9.73 Å². The van der Waals surface area contributed by atoms with Gasteiger partial charge in [0.15, 0.2) is 5.96 Å². The molecule has 1 fully saturated rings. The Hall–Kier alpha value is -1.20. The van der Waals surface area contributed by atoms with Gasteiger partial charge in [0.25, 0.3) is 0 Å². The van der Waals surface area contributed by atoms with Gasteiger partial charge in [-0.25, -0.2) is 9.97 Å². The Bertz CT molecular complexity index is 601. The van der Waals surface area contributed by atoms with E-state index in [0.717, 1.165) is 64.1 Å². The topological polar surface area (TPSA) is 77.9 Å². The number of nitrogens with zero attached hydrogens (tertiary/aromatic N) is 5. The van der Waals surface area contributed by atoms with Gasteiger partial charge in [0, 0.05) is 58.8 Å². The van der Waals surface area contributed by atoms with E-state index in [9.17, 15) is 0 Å². The first-order valence-electron chi connectivity index (χ1n) is 10.7. The van der Waals surface area contributed by atoms with Crippen LogP contribution in [-0.2, 0) is 4.74 Å². The summed E-state index contributed by atoms with van der Waals surface area (Å²) in [6.45, 7) is 16.2. The van der Waals surface area contributed by atoms with Crippen LogP contribution in [0.4, 0.5) is 5.95 Å². The average Bonchev–Trinajstić information content (AvgIpc) is 2.71. The summed E-state index contributed by atoms with van der Waals surface area (Å²) in [6.07, 6.45) is 4.79. The lowest BCUT2D eigenvalue weighted by Gasteiger charge is -2.34. The highest BCUT2D eigenvalue weighted by Gasteiger charge is 2.24. The number of hydrogen-bond acceptors (Lipinski definition) is 6. The number of anilines is 1. The van der Waals surface area contributed by atoms with Gasteiger partial charge in [0.2, 0.25) is 5.95 Å². The van der Waals surface area contributed by atoms with Gasteiger partial charge >= 0.3 is 0 Å². The third-order valence-corrected chi connectivity index (χ3v) is 5.16. The maximum absolute atomic E-state index is 5.61. The number of ether oxygens (including phenoxy) is 1. The van der Waals surface area contributed by atoms with Crippen LogP contribution < -0.4 is 15.5 Å². The molecular weight excluding hydrogens is 493 g/mol. The molecule has 0 aliphatic carbocycles. The molecule has 0 spiro atoms. The lowest BCUT2D eigenvalue weighted by Crippen LogP contribution is -2.47. The van der Waals surface area contributed by atoms with Crippen LogP contribution in [0.15, 0.2) is 23.5 Å². The highest BCUT2D eigenvalue weighted by molar-refractivity contribution is 14.0. The minimum atomic E-state index is 0. The summed E-state index contributed by atoms with van der Waals surface area (Å²) in [7, 11) is 1.76. The van der Waals surface area contributed by atoms with Crippen molar-refractivity contribution in [1.82, 2.24) is 25.5 Å². The van der Waals surface area contributed by atoms with Crippen LogP contribution in [0, 0.1) is 5.41 Å². The molecule has 0 amide bonds. The average molecular weight is 534 g/mol. The molecule has 1 aromatic rings. The zero-order chi connectivity index (χ0) is 21.1. The molecule has 1 atom stereocenters. The van der Waals surface area contributed by atoms with Gasteiger partial charge in [-0.15, -0.1) is 24.0 Å².